The Kier molecular flexibility index (Phi) is 5.47. The molecular weight excluding hydrogens is 344 g/mol. The summed E-state index contributed by atoms with van der Waals surface area (Å²) in [4.78, 5) is 27.7. The van der Waals surface area contributed by atoms with Crippen molar-refractivity contribution in [3.8, 4) is 5.75 Å². The highest BCUT2D eigenvalue weighted by atomic mass is 16.5. The van der Waals surface area contributed by atoms with Crippen molar-refractivity contribution in [2.24, 2.45) is 0 Å². The monoisotopic (exact) mass is 362 g/mol. The van der Waals surface area contributed by atoms with Gasteiger partial charge in [0.1, 0.15) is 12.4 Å². The Morgan fingerprint density at radius 3 is 2.48 bits per heavy atom. The van der Waals surface area contributed by atoms with Gasteiger partial charge in [-0.15, -0.1) is 0 Å². The van der Waals surface area contributed by atoms with Crippen molar-refractivity contribution in [2.75, 3.05) is 5.32 Å². The number of rotatable bonds is 6. The molecule has 0 unspecified atom stereocenters. The molecule has 2 aromatic carbocycles. The van der Waals surface area contributed by atoms with Gasteiger partial charge in [-0.1, -0.05) is 12.1 Å². The summed E-state index contributed by atoms with van der Waals surface area (Å²) in [7, 11) is 0. The van der Waals surface area contributed by atoms with Gasteiger partial charge in [0.15, 0.2) is 0 Å². The fourth-order valence-corrected chi connectivity index (χ4v) is 2.60. The Morgan fingerprint density at radius 1 is 1.04 bits per heavy atom. The maximum Gasteiger partial charge on any atom is 0.335 e. The fraction of sp³-hybridized carbons (Fsp3) is 0.0952. The molecule has 6 heteroatoms. The quantitative estimate of drug-likeness (QED) is 0.694. The van der Waals surface area contributed by atoms with Gasteiger partial charge in [0.05, 0.1) is 11.1 Å². The number of aromatic carboxylic acids is 1. The second-order valence-electron chi connectivity index (χ2n) is 5.93. The summed E-state index contributed by atoms with van der Waals surface area (Å²) in [5, 5.41) is 11.9. The first-order valence-electron chi connectivity index (χ1n) is 8.30. The third-order valence-electron chi connectivity index (χ3n) is 3.99. The number of ether oxygens (including phenoxy) is 1. The number of carbonyl (C=O) groups excluding carboxylic acids is 1. The molecule has 0 spiro atoms. The van der Waals surface area contributed by atoms with E-state index in [1.807, 2.05) is 12.1 Å². The largest absolute Gasteiger partial charge is 0.488 e. The molecule has 0 atom stereocenters. The van der Waals surface area contributed by atoms with Crippen LogP contribution in [0, 0.1) is 6.92 Å². The van der Waals surface area contributed by atoms with Crippen molar-refractivity contribution in [1.82, 2.24) is 4.98 Å². The van der Waals surface area contributed by atoms with Crippen molar-refractivity contribution in [3.05, 3.63) is 89.2 Å². The first-order valence-corrected chi connectivity index (χ1v) is 8.30. The van der Waals surface area contributed by atoms with Crippen LogP contribution in [0.4, 0.5) is 5.69 Å². The normalized spacial score (nSPS) is 10.3. The molecule has 6 nitrogen and oxygen atoms in total. The third-order valence-corrected chi connectivity index (χ3v) is 3.99. The van der Waals surface area contributed by atoms with E-state index >= 15 is 0 Å². The van der Waals surface area contributed by atoms with E-state index < -0.39 is 5.97 Å². The van der Waals surface area contributed by atoms with E-state index in [-0.39, 0.29) is 11.5 Å². The van der Waals surface area contributed by atoms with Crippen molar-refractivity contribution in [2.45, 2.75) is 13.5 Å². The van der Waals surface area contributed by atoms with Crippen LogP contribution >= 0.6 is 0 Å². The van der Waals surface area contributed by atoms with Crippen LogP contribution in [-0.4, -0.2) is 22.0 Å². The average Bonchev–Trinajstić information content (AvgIpc) is 2.67. The number of aryl methyl sites for hydroxylation is 1. The van der Waals surface area contributed by atoms with E-state index in [1.165, 1.54) is 6.07 Å². The molecular formula is C21H18N2O4. The molecule has 0 aliphatic carbocycles. The number of benzene rings is 2. The van der Waals surface area contributed by atoms with Gasteiger partial charge < -0.3 is 15.2 Å². The summed E-state index contributed by atoms with van der Waals surface area (Å²) in [5.74, 6) is -0.867. The Morgan fingerprint density at radius 2 is 1.78 bits per heavy atom. The van der Waals surface area contributed by atoms with Gasteiger partial charge >= 0.3 is 5.97 Å². The van der Waals surface area contributed by atoms with E-state index in [9.17, 15) is 9.59 Å². The van der Waals surface area contributed by atoms with Gasteiger partial charge in [0.25, 0.3) is 5.91 Å². The number of aromatic nitrogens is 1. The highest BCUT2D eigenvalue weighted by molar-refractivity contribution is 6.06. The standard InChI is InChI=1S/C21H18N2O4/c1-14-12-16(6-7-17(14)21(25)26)23-20(24)18-4-2-3-5-19(18)27-13-15-8-10-22-11-9-15/h2-12H,13H2,1H3,(H,23,24)(H,25,26). The van der Waals surface area contributed by atoms with E-state index in [2.05, 4.69) is 10.3 Å². The molecule has 2 N–H and O–H groups in total. The molecule has 0 fully saturated rings. The second-order valence-corrected chi connectivity index (χ2v) is 5.93. The van der Waals surface area contributed by atoms with Crippen LogP contribution in [0.5, 0.6) is 5.75 Å². The predicted octanol–water partition coefficient (Wildman–Crippen LogP) is 3.92. The topological polar surface area (TPSA) is 88.5 Å². The van der Waals surface area contributed by atoms with Crippen LogP contribution in [0.1, 0.15) is 31.8 Å². The average molecular weight is 362 g/mol. The fourth-order valence-electron chi connectivity index (χ4n) is 2.60. The summed E-state index contributed by atoms with van der Waals surface area (Å²) in [5.41, 5.74) is 2.63. The van der Waals surface area contributed by atoms with Crippen LogP contribution < -0.4 is 10.1 Å². The summed E-state index contributed by atoms with van der Waals surface area (Å²) in [6.07, 6.45) is 3.36. The first kappa shape index (κ1) is 18.1. The zero-order valence-corrected chi connectivity index (χ0v) is 14.7. The minimum Gasteiger partial charge on any atom is -0.488 e. The minimum absolute atomic E-state index is 0.203. The summed E-state index contributed by atoms with van der Waals surface area (Å²) >= 11 is 0. The molecule has 27 heavy (non-hydrogen) atoms. The zero-order valence-electron chi connectivity index (χ0n) is 14.7. The van der Waals surface area contributed by atoms with Crippen molar-refractivity contribution in [1.29, 1.82) is 0 Å². The third kappa shape index (κ3) is 4.49. The number of nitrogens with one attached hydrogen (secondary N) is 1. The molecule has 0 bridgehead atoms. The number of hydrogen-bond donors (Lipinski definition) is 2. The smallest absolute Gasteiger partial charge is 0.335 e. The maximum absolute atomic E-state index is 12.7. The number of anilines is 1. The second kappa shape index (κ2) is 8.14. The van der Waals surface area contributed by atoms with E-state index in [1.54, 1.807) is 55.7 Å². The van der Waals surface area contributed by atoms with E-state index in [0.29, 0.717) is 29.2 Å². The predicted molar refractivity (Wildman–Crippen MR) is 101 cm³/mol. The lowest BCUT2D eigenvalue weighted by Gasteiger charge is -2.12. The zero-order chi connectivity index (χ0) is 19.2. The number of pyridine rings is 1. The number of carboxylic acids is 1. The van der Waals surface area contributed by atoms with Crippen LogP contribution in [0.2, 0.25) is 0 Å². The number of nitrogens with zero attached hydrogens (tertiary/aromatic N) is 1. The summed E-state index contributed by atoms with van der Waals surface area (Å²) < 4.78 is 5.79. The highest BCUT2D eigenvalue weighted by Gasteiger charge is 2.14. The maximum atomic E-state index is 12.7. The lowest BCUT2D eigenvalue weighted by Crippen LogP contribution is -2.14. The van der Waals surface area contributed by atoms with E-state index in [0.717, 1.165) is 5.56 Å². The van der Waals surface area contributed by atoms with Crippen LogP contribution in [-0.2, 0) is 6.61 Å². The molecule has 0 radical (unpaired) electrons. The van der Waals surface area contributed by atoms with Gasteiger partial charge in [-0.25, -0.2) is 4.79 Å². The van der Waals surface area contributed by atoms with Gasteiger partial charge in [-0.2, -0.15) is 0 Å². The molecule has 136 valence electrons. The summed E-state index contributed by atoms with van der Waals surface area (Å²) in [6, 6.07) is 15.3. The number of para-hydroxylation sites is 1. The molecule has 3 rings (SSSR count). The number of carbonyl (C=O) groups is 2. The van der Waals surface area contributed by atoms with Gasteiger partial charge in [0, 0.05) is 18.1 Å². The summed E-state index contributed by atoms with van der Waals surface area (Å²) in [6.45, 7) is 2.00. The van der Waals surface area contributed by atoms with Crippen molar-refractivity contribution < 1.29 is 19.4 Å². The minimum atomic E-state index is -1.000. The lowest BCUT2D eigenvalue weighted by atomic mass is 10.1. The number of hydrogen-bond acceptors (Lipinski definition) is 4. The van der Waals surface area contributed by atoms with Crippen LogP contribution in [0.15, 0.2) is 67.0 Å². The molecule has 1 heterocycles. The molecule has 0 aliphatic heterocycles. The van der Waals surface area contributed by atoms with Crippen LogP contribution in [0.25, 0.3) is 0 Å². The Balaban J connectivity index is 1.75. The van der Waals surface area contributed by atoms with Crippen molar-refractivity contribution >= 4 is 17.6 Å². The molecule has 3 aromatic rings. The SMILES string of the molecule is Cc1cc(NC(=O)c2ccccc2OCc2ccncc2)ccc1C(=O)O. The van der Waals surface area contributed by atoms with Gasteiger partial charge in [-0.3, -0.25) is 9.78 Å². The lowest BCUT2D eigenvalue weighted by molar-refractivity contribution is 0.0696. The molecule has 0 aliphatic rings. The number of amides is 1. The molecule has 1 aromatic heterocycles. The first-order chi connectivity index (χ1) is 13.0. The number of carboxylic acid groups (broad SMARTS) is 1. The van der Waals surface area contributed by atoms with E-state index in [4.69, 9.17) is 9.84 Å². The molecule has 0 saturated heterocycles. The van der Waals surface area contributed by atoms with Gasteiger partial charge in [-0.05, 0) is 60.5 Å². The Hall–Kier alpha value is -3.67. The van der Waals surface area contributed by atoms with Gasteiger partial charge in [0.2, 0.25) is 0 Å². The van der Waals surface area contributed by atoms with Crippen LogP contribution in [0.3, 0.4) is 0 Å². The van der Waals surface area contributed by atoms with Crippen molar-refractivity contribution in [3.63, 3.8) is 0 Å². The highest BCUT2D eigenvalue weighted by Crippen LogP contribution is 2.22. The Labute approximate surface area is 156 Å². The molecule has 0 saturated carbocycles. The Bertz CT molecular complexity index is 971. The molecule has 1 amide bonds.